The first-order valence-electron chi connectivity index (χ1n) is 6.68. The number of ether oxygens (including phenoxy) is 2. The van der Waals surface area contributed by atoms with E-state index in [-0.39, 0.29) is 18.9 Å². The second kappa shape index (κ2) is 9.81. The first-order chi connectivity index (χ1) is 10.4. The third-order valence-corrected chi connectivity index (χ3v) is 3.61. The fourth-order valence-electron chi connectivity index (χ4n) is 1.56. The second-order valence-corrected chi connectivity index (χ2v) is 6.14. The first-order valence-corrected chi connectivity index (χ1v) is 8.26. The van der Waals surface area contributed by atoms with Crippen LogP contribution in [0.25, 0.3) is 0 Å². The lowest BCUT2D eigenvalue weighted by Gasteiger charge is -2.12. The largest absolute Gasteiger partial charge is 0.482 e. The summed E-state index contributed by atoms with van der Waals surface area (Å²) in [5.41, 5.74) is 5.47. The molecule has 0 bridgehead atoms. The predicted molar refractivity (Wildman–Crippen MR) is 89.5 cm³/mol. The van der Waals surface area contributed by atoms with E-state index in [1.807, 2.05) is 26.0 Å². The molecule has 0 unspecified atom stereocenters. The topological polar surface area (TPSA) is 76.7 Å². The zero-order valence-electron chi connectivity index (χ0n) is 12.4. The van der Waals surface area contributed by atoms with Crippen molar-refractivity contribution in [2.75, 3.05) is 19.8 Å². The molecule has 0 spiro atoms. The van der Waals surface area contributed by atoms with Crippen molar-refractivity contribution in [3.8, 4) is 5.75 Å². The van der Waals surface area contributed by atoms with Crippen LogP contribution in [0.1, 0.15) is 18.9 Å². The van der Waals surface area contributed by atoms with E-state index in [9.17, 15) is 9.59 Å². The van der Waals surface area contributed by atoms with Crippen molar-refractivity contribution < 1.29 is 19.1 Å². The third-order valence-electron chi connectivity index (χ3n) is 2.56. The number of hydrazine groups is 1. The highest BCUT2D eigenvalue weighted by atomic mass is 79.9. The highest BCUT2D eigenvalue weighted by molar-refractivity contribution is 9.11. The molecule has 0 aromatic heterocycles. The number of aryl methyl sites for hydroxylation is 1. The Balaban J connectivity index is 2.36. The molecule has 0 aliphatic carbocycles. The zero-order valence-corrected chi connectivity index (χ0v) is 15.5. The van der Waals surface area contributed by atoms with Crippen LogP contribution in [0.15, 0.2) is 21.1 Å². The third kappa shape index (κ3) is 6.76. The lowest BCUT2D eigenvalue weighted by atomic mass is 10.2. The Morgan fingerprint density at radius 2 is 1.86 bits per heavy atom. The van der Waals surface area contributed by atoms with E-state index in [1.54, 1.807) is 0 Å². The summed E-state index contributed by atoms with van der Waals surface area (Å²) in [5.74, 6) is -0.178. The summed E-state index contributed by atoms with van der Waals surface area (Å²) in [4.78, 5) is 23.0. The average molecular weight is 438 g/mol. The molecule has 122 valence electrons. The molecule has 0 radical (unpaired) electrons. The molecule has 0 aliphatic heterocycles. The normalized spacial score (nSPS) is 10.2. The molecule has 0 fully saturated rings. The number of carbonyl (C=O) groups excluding carboxylic acids is 2. The van der Waals surface area contributed by atoms with Gasteiger partial charge in [0.2, 0.25) is 5.91 Å². The van der Waals surface area contributed by atoms with Crippen molar-refractivity contribution in [3.05, 3.63) is 26.6 Å². The molecular formula is C14H18Br2N2O4. The first kappa shape index (κ1) is 18.9. The van der Waals surface area contributed by atoms with Gasteiger partial charge in [0.15, 0.2) is 6.61 Å². The number of nitrogens with one attached hydrogen (secondary N) is 2. The highest BCUT2D eigenvalue weighted by Gasteiger charge is 2.10. The molecule has 1 aromatic rings. The second-order valence-electron chi connectivity index (χ2n) is 4.37. The van der Waals surface area contributed by atoms with Crippen LogP contribution < -0.4 is 15.6 Å². The number of rotatable bonds is 7. The van der Waals surface area contributed by atoms with Crippen LogP contribution in [0.3, 0.4) is 0 Å². The number of carbonyl (C=O) groups is 2. The number of amides is 2. The summed E-state index contributed by atoms with van der Waals surface area (Å²) in [6.07, 6.45) is 0.187. The van der Waals surface area contributed by atoms with Crippen LogP contribution in [-0.4, -0.2) is 31.6 Å². The van der Waals surface area contributed by atoms with Crippen LogP contribution in [0.4, 0.5) is 0 Å². The quantitative estimate of drug-likeness (QED) is 0.507. The zero-order chi connectivity index (χ0) is 16.5. The maximum Gasteiger partial charge on any atom is 0.276 e. The molecule has 2 amide bonds. The summed E-state index contributed by atoms with van der Waals surface area (Å²) < 4.78 is 12.2. The molecule has 1 aromatic carbocycles. The molecule has 0 heterocycles. The van der Waals surface area contributed by atoms with E-state index >= 15 is 0 Å². The van der Waals surface area contributed by atoms with Crippen molar-refractivity contribution in [1.82, 2.24) is 10.9 Å². The van der Waals surface area contributed by atoms with E-state index in [4.69, 9.17) is 9.47 Å². The fourth-order valence-corrected chi connectivity index (χ4v) is 3.11. The maximum absolute atomic E-state index is 11.6. The van der Waals surface area contributed by atoms with Gasteiger partial charge in [-0.3, -0.25) is 20.4 Å². The Hall–Kier alpha value is -1.12. The van der Waals surface area contributed by atoms with Gasteiger partial charge in [0.1, 0.15) is 5.75 Å². The van der Waals surface area contributed by atoms with Crippen molar-refractivity contribution in [3.63, 3.8) is 0 Å². The van der Waals surface area contributed by atoms with Crippen LogP contribution in [0, 0.1) is 6.92 Å². The predicted octanol–water partition coefficient (Wildman–Crippen LogP) is 2.47. The molecule has 6 nitrogen and oxygen atoms in total. The lowest BCUT2D eigenvalue weighted by Crippen LogP contribution is -2.44. The average Bonchev–Trinajstić information content (AvgIpc) is 2.44. The Bertz CT molecular complexity index is 515. The van der Waals surface area contributed by atoms with Gasteiger partial charge in [-0.1, -0.05) is 15.9 Å². The molecular weight excluding hydrogens is 420 g/mol. The van der Waals surface area contributed by atoms with Crippen LogP contribution >= 0.6 is 31.9 Å². The van der Waals surface area contributed by atoms with Crippen LogP contribution in [0.2, 0.25) is 0 Å². The molecule has 22 heavy (non-hydrogen) atoms. The summed E-state index contributed by atoms with van der Waals surface area (Å²) in [6.45, 7) is 4.39. The van der Waals surface area contributed by atoms with E-state index in [1.165, 1.54) is 0 Å². The van der Waals surface area contributed by atoms with Gasteiger partial charge in [-0.25, -0.2) is 0 Å². The van der Waals surface area contributed by atoms with Crippen molar-refractivity contribution in [2.45, 2.75) is 20.3 Å². The SMILES string of the molecule is CCOCCC(=O)NNC(=O)COc1c(C)cc(Br)cc1Br. The van der Waals surface area contributed by atoms with E-state index in [2.05, 4.69) is 42.7 Å². The summed E-state index contributed by atoms with van der Waals surface area (Å²) in [5, 5.41) is 0. The Morgan fingerprint density at radius 1 is 1.18 bits per heavy atom. The van der Waals surface area contributed by atoms with Gasteiger partial charge in [-0.05, 0) is 47.5 Å². The molecule has 0 saturated carbocycles. The summed E-state index contributed by atoms with van der Waals surface area (Å²) >= 11 is 6.75. The van der Waals surface area contributed by atoms with Gasteiger partial charge in [0.05, 0.1) is 17.5 Å². The number of hydrogen-bond donors (Lipinski definition) is 2. The molecule has 0 atom stereocenters. The van der Waals surface area contributed by atoms with E-state index in [0.717, 1.165) is 14.5 Å². The molecule has 0 saturated heterocycles. The van der Waals surface area contributed by atoms with Crippen molar-refractivity contribution in [2.24, 2.45) is 0 Å². The molecule has 0 aliphatic rings. The maximum atomic E-state index is 11.6. The fraction of sp³-hybridized carbons (Fsp3) is 0.429. The molecule has 8 heteroatoms. The lowest BCUT2D eigenvalue weighted by molar-refractivity contribution is -0.130. The van der Waals surface area contributed by atoms with Gasteiger partial charge >= 0.3 is 0 Å². The van der Waals surface area contributed by atoms with Gasteiger partial charge in [-0.15, -0.1) is 0 Å². The highest BCUT2D eigenvalue weighted by Crippen LogP contribution is 2.32. The summed E-state index contributed by atoms with van der Waals surface area (Å²) in [7, 11) is 0. The monoisotopic (exact) mass is 436 g/mol. The Labute approximate surface area is 146 Å². The molecule has 2 N–H and O–H groups in total. The minimum Gasteiger partial charge on any atom is -0.482 e. The number of halogens is 2. The minimum atomic E-state index is -0.445. The number of benzene rings is 1. The van der Waals surface area contributed by atoms with E-state index in [0.29, 0.717) is 19.0 Å². The van der Waals surface area contributed by atoms with Gasteiger partial charge in [0.25, 0.3) is 5.91 Å². The summed E-state index contributed by atoms with van der Waals surface area (Å²) in [6, 6.07) is 3.71. The van der Waals surface area contributed by atoms with E-state index < -0.39 is 5.91 Å². The van der Waals surface area contributed by atoms with Gasteiger partial charge < -0.3 is 9.47 Å². The molecule has 1 rings (SSSR count). The Kier molecular flexibility index (Phi) is 8.44. The standard InChI is InChI=1S/C14H18Br2N2O4/c1-3-21-5-4-12(19)17-18-13(20)8-22-14-9(2)6-10(15)7-11(14)16/h6-7H,3-5,8H2,1-2H3,(H,17,19)(H,18,20). The number of hydrogen-bond acceptors (Lipinski definition) is 4. The van der Waals surface area contributed by atoms with Crippen molar-refractivity contribution >= 4 is 43.7 Å². The van der Waals surface area contributed by atoms with Gasteiger partial charge in [0, 0.05) is 11.1 Å². The smallest absolute Gasteiger partial charge is 0.276 e. The minimum absolute atomic E-state index is 0.187. The van der Waals surface area contributed by atoms with Crippen molar-refractivity contribution in [1.29, 1.82) is 0 Å². The van der Waals surface area contributed by atoms with Crippen LogP contribution in [0.5, 0.6) is 5.75 Å². The van der Waals surface area contributed by atoms with Crippen LogP contribution in [-0.2, 0) is 14.3 Å². The Morgan fingerprint density at radius 3 is 2.50 bits per heavy atom. The van der Waals surface area contributed by atoms with Gasteiger partial charge in [-0.2, -0.15) is 0 Å².